The molecule has 2 aromatic rings. The highest BCUT2D eigenvalue weighted by atomic mass is 16.5. The molecule has 0 saturated heterocycles. The number of oxazole rings is 1. The number of hydrogen-bond donors (Lipinski definition) is 2. The lowest BCUT2D eigenvalue weighted by Crippen LogP contribution is -2.05. The lowest BCUT2D eigenvalue weighted by molar-refractivity contribution is 0.398. The molecule has 0 saturated carbocycles. The van der Waals surface area contributed by atoms with Crippen molar-refractivity contribution in [2.45, 2.75) is 13.5 Å². The number of nitrogens with two attached hydrogens (primary N) is 1. The molecular formula is C11H14N4O2. The van der Waals surface area contributed by atoms with Crippen molar-refractivity contribution in [3.8, 4) is 5.88 Å². The first-order valence-corrected chi connectivity index (χ1v) is 5.14. The number of pyridine rings is 1. The van der Waals surface area contributed by atoms with E-state index < -0.39 is 0 Å². The topological polar surface area (TPSA) is 86.2 Å². The summed E-state index contributed by atoms with van der Waals surface area (Å²) in [7, 11) is 1.56. The normalized spacial score (nSPS) is 10.2. The maximum atomic E-state index is 5.78. The molecule has 6 nitrogen and oxygen atoms in total. The van der Waals surface area contributed by atoms with Gasteiger partial charge in [-0.2, -0.15) is 4.98 Å². The van der Waals surface area contributed by atoms with E-state index in [2.05, 4.69) is 15.3 Å². The predicted octanol–water partition coefficient (Wildman–Crippen LogP) is 1.58. The quantitative estimate of drug-likeness (QED) is 0.835. The van der Waals surface area contributed by atoms with Crippen molar-refractivity contribution in [2.24, 2.45) is 0 Å². The van der Waals surface area contributed by atoms with Crippen LogP contribution in [0.1, 0.15) is 11.7 Å². The van der Waals surface area contributed by atoms with Crippen LogP contribution in [0.15, 0.2) is 22.7 Å². The van der Waals surface area contributed by atoms with E-state index in [1.54, 1.807) is 25.4 Å². The lowest BCUT2D eigenvalue weighted by atomic mass is 10.4. The van der Waals surface area contributed by atoms with Crippen molar-refractivity contribution in [1.29, 1.82) is 0 Å². The molecule has 90 valence electrons. The lowest BCUT2D eigenvalue weighted by Gasteiger charge is -2.07. The largest absolute Gasteiger partial charge is 0.481 e. The van der Waals surface area contributed by atoms with Gasteiger partial charge in [-0.05, 0) is 13.0 Å². The molecule has 0 aliphatic heterocycles. The smallest absolute Gasteiger partial charge is 0.215 e. The average molecular weight is 234 g/mol. The third-order valence-electron chi connectivity index (χ3n) is 2.19. The van der Waals surface area contributed by atoms with Gasteiger partial charge in [-0.3, -0.25) is 0 Å². The van der Waals surface area contributed by atoms with Gasteiger partial charge in [0.1, 0.15) is 5.76 Å². The van der Waals surface area contributed by atoms with E-state index in [0.29, 0.717) is 29.8 Å². The Bertz CT molecular complexity index is 510. The molecule has 17 heavy (non-hydrogen) atoms. The molecule has 3 N–H and O–H groups in total. The summed E-state index contributed by atoms with van der Waals surface area (Å²) in [5.74, 6) is 2.42. The summed E-state index contributed by atoms with van der Waals surface area (Å²) in [4.78, 5) is 8.26. The molecule has 0 fully saturated rings. The maximum absolute atomic E-state index is 5.78. The molecule has 0 atom stereocenters. The first-order chi connectivity index (χ1) is 8.19. The van der Waals surface area contributed by atoms with Crippen LogP contribution >= 0.6 is 0 Å². The number of hydrogen-bond acceptors (Lipinski definition) is 6. The summed E-state index contributed by atoms with van der Waals surface area (Å²) in [6, 6.07) is 3.44. The summed E-state index contributed by atoms with van der Waals surface area (Å²) in [6.07, 6.45) is 1.67. The minimum absolute atomic E-state index is 0.429. The minimum Gasteiger partial charge on any atom is -0.481 e. The number of rotatable bonds is 4. The van der Waals surface area contributed by atoms with Crippen LogP contribution in [0, 0.1) is 6.92 Å². The Morgan fingerprint density at radius 2 is 2.29 bits per heavy atom. The monoisotopic (exact) mass is 234 g/mol. The number of anilines is 2. The zero-order valence-electron chi connectivity index (χ0n) is 9.73. The van der Waals surface area contributed by atoms with E-state index in [1.165, 1.54) is 0 Å². The zero-order chi connectivity index (χ0) is 12.3. The molecule has 2 rings (SSSR count). The molecule has 2 aromatic heterocycles. The van der Waals surface area contributed by atoms with Crippen LogP contribution in [-0.4, -0.2) is 17.1 Å². The molecule has 0 bridgehead atoms. The third-order valence-corrected chi connectivity index (χ3v) is 2.19. The second kappa shape index (κ2) is 4.73. The van der Waals surface area contributed by atoms with Gasteiger partial charge in [-0.15, -0.1) is 0 Å². The van der Waals surface area contributed by atoms with Gasteiger partial charge in [-0.1, -0.05) is 0 Å². The van der Waals surface area contributed by atoms with Crippen molar-refractivity contribution in [1.82, 2.24) is 9.97 Å². The van der Waals surface area contributed by atoms with Crippen molar-refractivity contribution in [3.63, 3.8) is 0 Å². The first-order valence-electron chi connectivity index (χ1n) is 5.14. The average Bonchev–Trinajstić information content (AvgIpc) is 2.74. The van der Waals surface area contributed by atoms with Crippen molar-refractivity contribution in [3.05, 3.63) is 30.0 Å². The summed E-state index contributed by atoms with van der Waals surface area (Å²) in [5, 5.41) is 3.04. The van der Waals surface area contributed by atoms with E-state index in [9.17, 15) is 0 Å². The number of methoxy groups -OCH3 is 1. The number of aryl methyl sites for hydroxylation is 1. The fourth-order valence-electron chi connectivity index (χ4n) is 1.35. The van der Waals surface area contributed by atoms with E-state index in [-0.39, 0.29) is 0 Å². The van der Waals surface area contributed by atoms with Gasteiger partial charge in [0.05, 0.1) is 25.5 Å². The van der Waals surface area contributed by atoms with E-state index in [1.807, 2.05) is 6.92 Å². The summed E-state index contributed by atoms with van der Waals surface area (Å²) < 4.78 is 10.3. The summed E-state index contributed by atoms with van der Waals surface area (Å²) in [6.45, 7) is 2.27. The van der Waals surface area contributed by atoms with Gasteiger partial charge in [0.15, 0.2) is 5.82 Å². The highest BCUT2D eigenvalue weighted by Gasteiger charge is 2.05. The van der Waals surface area contributed by atoms with Crippen LogP contribution < -0.4 is 15.8 Å². The first kappa shape index (κ1) is 11.3. The van der Waals surface area contributed by atoms with Gasteiger partial charge < -0.3 is 20.2 Å². The fraction of sp³-hybridized carbons (Fsp3) is 0.273. The standard InChI is InChI=1S/C11H14N4O2/c1-7-5-13-10(17-7)6-14-11-8(12)3-4-9(15-11)16-2/h3-5H,6,12H2,1-2H3,(H,14,15). The molecule has 0 amide bonds. The molecular weight excluding hydrogens is 220 g/mol. The fourth-order valence-corrected chi connectivity index (χ4v) is 1.35. The highest BCUT2D eigenvalue weighted by molar-refractivity contribution is 5.61. The highest BCUT2D eigenvalue weighted by Crippen LogP contribution is 2.20. The van der Waals surface area contributed by atoms with Crippen LogP contribution in [0.2, 0.25) is 0 Å². The number of ether oxygens (including phenoxy) is 1. The molecule has 2 heterocycles. The van der Waals surface area contributed by atoms with Crippen LogP contribution in [0.3, 0.4) is 0 Å². The van der Waals surface area contributed by atoms with Crippen LogP contribution in [0.25, 0.3) is 0 Å². The van der Waals surface area contributed by atoms with Crippen molar-refractivity contribution in [2.75, 3.05) is 18.2 Å². The van der Waals surface area contributed by atoms with Crippen molar-refractivity contribution >= 4 is 11.5 Å². The van der Waals surface area contributed by atoms with Gasteiger partial charge in [0, 0.05) is 6.07 Å². The van der Waals surface area contributed by atoms with Gasteiger partial charge in [0.25, 0.3) is 0 Å². The second-order valence-electron chi connectivity index (χ2n) is 3.51. The molecule has 6 heteroatoms. The summed E-state index contributed by atoms with van der Waals surface area (Å²) in [5.41, 5.74) is 6.33. The number of aromatic nitrogens is 2. The van der Waals surface area contributed by atoms with Crippen LogP contribution in [0.5, 0.6) is 5.88 Å². The second-order valence-corrected chi connectivity index (χ2v) is 3.51. The van der Waals surface area contributed by atoms with Gasteiger partial charge >= 0.3 is 0 Å². The molecule has 0 aromatic carbocycles. The van der Waals surface area contributed by atoms with Gasteiger partial charge in [-0.25, -0.2) is 4.98 Å². The molecule has 0 aliphatic rings. The minimum atomic E-state index is 0.429. The predicted molar refractivity (Wildman–Crippen MR) is 63.8 cm³/mol. The Kier molecular flexibility index (Phi) is 3.13. The Labute approximate surface area is 98.8 Å². The Morgan fingerprint density at radius 3 is 2.94 bits per heavy atom. The Balaban J connectivity index is 2.07. The van der Waals surface area contributed by atoms with Crippen molar-refractivity contribution < 1.29 is 9.15 Å². The number of nitrogens with zero attached hydrogens (tertiary/aromatic N) is 2. The van der Waals surface area contributed by atoms with E-state index in [0.717, 1.165) is 5.76 Å². The van der Waals surface area contributed by atoms with E-state index in [4.69, 9.17) is 14.9 Å². The van der Waals surface area contributed by atoms with Crippen LogP contribution in [0.4, 0.5) is 11.5 Å². The zero-order valence-corrected chi connectivity index (χ0v) is 9.73. The number of nitrogen functional groups attached to an aromatic ring is 1. The molecule has 0 radical (unpaired) electrons. The summed E-state index contributed by atoms with van der Waals surface area (Å²) >= 11 is 0. The van der Waals surface area contributed by atoms with Gasteiger partial charge in [0.2, 0.25) is 11.8 Å². The third kappa shape index (κ3) is 2.66. The maximum Gasteiger partial charge on any atom is 0.215 e. The van der Waals surface area contributed by atoms with Crippen LogP contribution in [-0.2, 0) is 6.54 Å². The molecule has 0 spiro atoms. The molecule has 0 unspecified atom stereocenters. The molecule has 0 aliphatic carbocycles. The van der Waals surface area contributed by atoms with E-state index >= 15 is 0 Å². The number of nitrogens with one attached hydrogen (secondary N) is 1. The Morgan fingerprint density at radius 1 is 1.47 bits per heavy atom. The SMILES string of the molecule is COc1ccc(N)c(NCc2ncc(C)o2)n1. The Hall–Kier alpha value is -2.24.